The molecule has 0 radical (unpaired) electrons. The average Bonchev–Trinajstić information content (AvgIpc) is 2.85. The zero-order chi connectivity index (χ0) is 12.5. The average molecular weight is 235 g/mol. The Hall–Kier alpha value is -2.35. The van der Waals surface area contributed by atoms with E-state index in [9.17, 15) is 4.79 Å². The van der Waals surface area contributed by atoms with E-state index in [-0.39, 0.29) is 5.91 Å². The van der Waals surface area contributed by atoms with Crippen molar-refractivity contribution in [1.82, 2.24) is 0 Å². The van der Waals surface area contributed by atoms with Gasteiger partial charge < -0.3 is 5.73 Å². The van der Waals surface area contributed by atoms with Gasteiger partial charge in [0.1, 0.15) is 0 Å². The Labute approximate surface area is 106 Å². The van der Waals surface area contributed by atoms with Crippen molar-refractivity contribution < 1.29 is 4.79 Å². The molecule has 2 aromatic carbocycles. The van der Waals surface area contributed by atoms with Gasteiger partial charge in [0.2, 0.25) is 5.91 Å². The fraction of sp³-hybridized carbons (Fsp3) is 0.0625. The molecule has 0 fully saturated rings. The molecule has 3 rings (SSSR count). The highest BCUT2D eigenvalue weighted by Gasteiger charge is 2.11. The second-order valence-corrected chi connectivity index (χ2v) is 4.43. The smallest absolute Gasteiger partial charge is 0.249 e. The highest BCUT2D eigenvalue weighted by molar-refractivity contribution is 6.00. The van der Waals surface area contributed by atoms with Gasteiger partial charge in [-0.1, -0.05) is 42.5 Å². The number of rotatable bonds is 2. The van der Waals surface area contributed by atoms with Crippen LogP contribution in [0.25, 0.3) is 17.2 Å². The van der Waals surface area contributed by atoms with Crippen LogP contribution in [-0.2, 0) is 6.42 Å². The lowest BCUT2D eigenvalue weighted by molar-refractivity contribution is 0.100. The lowest BCUT2D eigenvalue weighted by Crippen LogP contribution is -2.12. The summed E-state index contributed by atoms with van der Waals surface area (Å²) in [6, 6.07) is 13.7. The second-order valence-electron chi connectivity index (χ2n) is 4.43. The third kappa shape index (κ3) is 1.72. The molecule has 0 aromatic heterocycles. The van der Waals surface area contributed by atoms with Gasteiger partial charge in [-0.15, -0.1) is 0 Å². The number of hydrogen-bond donors (Lipinski definition) is 1. The number of benzene rings is 2. The van der Waals surface area contributed by atoms with Crippen molar-refractivity contribution in [2.75, 3.05) is 0 Å². The summed E-state index contributed by atoms with van der Waals surface area (Å²) in [7, 11) is 0. The maximum atomic E-state index is 11.4. The van der Waals surface area contributed by atoms with E-state index < -0.39 is 0 Å². The zero-order valence-corrected chi connectivity index (χ0v) is 9.89. The van der Waals surface area contributed by atoms with Crippen LogP contribution in [0.15, 0.2) is 48.5 Å². The van der Waals surface area contributed by atoms with E-state index in [1.54, 1.807) is 6.07 Å². The predicted molar refractivity (Wildman–Crippen MR) is 73.1 cm³/mol. The molecule has 0 atom stereocenters. The van der Waals surface area contributed by atoms with Crippen molar-refractivity contribution in [2.45, 2.75) is 6.42 Å². The van der Waals surface area contributed by atoms with Gasteiger partial charge in [-0.2, -0.15) is 0 Å². The summed E-state index contributed by atoms with van der Waals surface area (Å²) in [5.74, 6) is -0.387. The number of amides is 1. The molecular formula is C16H13NO. The van der Waals surface area contributed by atoms with E-state index in [2.05, 4.69) is 24.3 Å². The van der Waals surface area contributed by atoms with E-state index in [1.165, 1.54) is 11.1 Å². The first-order valence-electron chi connectivity index (χ1n) is 5.94. The van der Waals surface area contributed by atoms with Crippen LogP contribution in [0.1, 0.15) is 21.5 Å². The number of hydrogen-bond acceptors (Lipinski definition) is 1. The highest BCUT2D eigenvalue weighted by Crippen LogP contribution is 2.28. The van der Waals surface area contributed by atoms with Gasteiger partial charge in [0, 0.05) is 5.56 Å². The van der Waals surface area contributed by atoms with Gasteiger partial charge in [0.05, 0.1) is 0 Å². The SMILES string of the molecule is NC(=O)c1ccccc1-c1ccc2c(c1)C=CC2. The second kappa shape index (κ2) is 4.15. The van der Waals surface area contributed by atoms with E-state index in [0.29, 0.717) is 5.56 Å². The van der Waals surface area contributed by atoms with Gasteiger partial charge in [-0.25, -0.2) is 0 Å². The fourth-order valence-corrected chi connectivity index (χ4v) is 2.37. The summed E-state index contributed by atoms with van der Waals surface area (Å²) in [6.45, 7) is 0. The molecule has 0 aliphatic heterocycles. The number of primary amides is 1. The Morgan fingerprint density at radius 3 is 2.78 bits per heavy atom. The lowest BCUT2D eigenvalue weighted by Gasteiger charge is -2.08. The third-order valence-corrected chi connectivity index (χ3v) is 3.28. The zero-order valence-electron chi connectivity index (χ0n) is 9.89. The Morgan fingerprint density at radius 1 is 1.11 bits per heavy atom. The molecule has 2 N–H and O–H groups in total. The third-order valence-electron chi connectivity index (χ3n) is 3.28. The van der Waals surface area contributed by atoms with Crippen molar-refractivity contribution in [3.05, 3.63) is 65.2 Å². The number of fused-ring (bicyclic) bond motifs is 1. The van der Waals surface area contributed by atoms with Crippen molar-refractivity contribution in [3.8, 4) is 11.1 Å². The highest BCUT2D eigenvalue weighted by atomic mass is 16.1. The van der Waals surface area contributed by atoms with Gasteiger partial charge in [0.15, 0.2) is 0 Å². The molecule has 1 amide bonds. The Kier molecular flexibility index (Phi) is 2.49. The molecule has 88 valence electrons. The van der Waals surface area contributed by atoms with Gasteiger partial charge >= 0.3 is 0 Å². The molecule has 0 unspecified atom stereocenters. The summed E-state index contributed by atoms with van der Waals surface area (Å²) in [4.78, 5) is 11.4. The minimum Gasteiger partial charge on any atom is -0.366 e. The van der Waals surface area contributed by atoms with E-state index in [4.69, 9.17) is 5.73 Å². The maximum absolute atomic E-state index is 11.4. The Bertz CT molecular complexity index is 656. The summed E-state index contributed by atoms with van der Waals surface area (Å²) in [5, 5.41) is 0. The van der Waals surface area contributed by atoms with E-state index in [0.717, 1.165) is 17.5 Å². The Morgan fingerprint density at radius 2 is 1.94 bits per heavy atom. The van der Waals surface area contributed by atoms with Gasteiger partial charge in [-0.05, 0) is 40.8 Å². The number of carbonyl (C=O) groups is 1. The van der Waals surface area contributed by atoms with Crippen LogP contribution in [0, 0.1) is 0 Å². The molecule has 0 saturated heterocycles. The minimum atomic E-state index is -0.387. The van der Waals surface area contributed by atoms with Crippen LogP contribution in [0.4, 0.5) is 0 Å². The number of carbonyl (C=O) groups excluding carboxylic acids is 1. The largest absolute Gasteiger partial charge is 0.366 e. The molecule has 0 heterocycles. The van der Waals surface area contributed by atoms with Crippen LogP contribution in [0.5, 0.6) is 0 Å². The topological polar surface area (TPSA) is 43.1 Å². The number of nitrogens with two attached hydrogens (primary N) is 1. The molecule has 0 spiro atoms. The van der Waals surface area contributed by atoms with Crippen molar-refractivity contribution in [2.24, 2.45) is 5.73 Å². The monoisotopic (exact) mass is 235 g/mol. The first-order chi connectivity index (χ1) is 8.75. The van der Waals surface area contributed by atoms with Crippen LogP contribution in [0.3, 0.4) is 0 Å². The predicted octanol–water partition coefficient (Wildman–Crippen LogP) is 3.02. The van der Waals surface area contributed by atoms with Crippen molar-refractivity contribution in [1.29, 1.82) is 0 Å². The normalized spacial score (nSPS) is 12.4. The first kappa shape index (κ1) is 10.8. The molecule has 2 aromatic rings. The van der Waals surface area contributed by atoms with Gasteiger partial charge in [0.25, 0.3) is 0 Å². The quantitative estimate of drug-likeness (QED) is 0.854. The summed E-state index contributed by atoms with van der Waals surface area (Å²) < 4.78 is 0. The summed E-state index contributed by atoms with van der Waals surface area (Å²) in [5.41, 5.74) is 10.5. The molecular weight excluding hydrogens is 222 g/mol. The van der Waals surface area contributed by atoms with E-state index in [1.807, 2.05) is 24.3 Å². The molecule has 2 heteroatoms. The first-order valence-corrected chi connectivity index (χ1v) is 5.94. The molecule has 1 aliphatic carbocycles. The maximum Gasteiger partial charge on any atom is 0.249 e. The van der Waals surface area contributed by atoms with Crippen molar-refractivity contribution >= 4 is 12.0 Å². The minimum absolute atomic E-state index is 0.387. The van der Waals surface area contributed by atoms with Crippen LogP contribution in [0.2, 0.25) is 0 Å². The van der Waals surface area contributed by atoms with Crippen molar-refractivity contribution in [3.63, 3.8) is 0 Å². The standard InChI is InChI=1S/C16H13NO/c17-16(18)15-7-2-1-6-14(15)13-9-8-11-4-3-5-12(11)10-13/h1-3,5-10H,4H2,(H2,17,18). The molecule has 18 heavy (non-hydrogen) atoms. The Balaban J connectivity index is 2.15. The van der Waals surface area contributed by atoms with Crippen LogP contribution in [-0.4, -0.2) is 5.91 Å². The molecule has 0 bridgehead atoms. The number of allylic oxidation sites excluding steroid dienone is 1. The van der Waals surface area contributed by atoms with Gasteiger partial charge in [-0.3, -0.25) is 4.79 Å². The fourth-order valence-electron chi connectivity index (χ4n) is 2.37. The molecule has 0 saturated carbocycles. The van der Waals surface area contributed by atoms with E-state index >= 15 is 0 Å². The summed E-state index contributed by atoms with van der Waals surface area (Å²) >= 11 is 0. The van der Waals surface area contributed by atoms with Crippen LogP contribution >= 0.6 is 0 Å². The lowest BCUT2D eigenvalue weighted by atomic mass is 9.96. The van der Waals surface area contributed by atoms with Crippen LogP contribution < -0.4 is 5.73 Å². The molecule has 1 aliphatic rings. The molecule has 2 nitrogen and oxygen atoms in total. The summed E-state index contributed by atoms with van der Waals surface area (Å²) in [6.07, 6.45) is 5.26.